The number of likely N-dealkylation sites (N-methyl/N-ethyl adjacent to an activating group) is 1. The van der Waals surface area contributed by atoms with Gasteiger partial charge < -0.3 is 10.0 Å². The largest absolute Gasteiger partial charge is 0.395 e. The summed E-state index contributed by atoms with van der Waals surface area (Å²) in [6.45, 7) is 2.05. The fraction of sp³-hybridized carbons (Fsp3) is 0.667. The van der Waals surface area contributed by atoms with Gasteiger partial charge in [0.2, 0.25) is 0 Å². The van der Waals surface area contributed by atoms with Crippen molar-refractivity contribution >= 4 is 11.8 Å². The van der Waals surface area contributed by atoms with Crippen molar-refractivity contribution in [3.8, 4) is 0 Å². The highest BCUT2D eigenvalue weighted by molar-refractivity contribution is 6.34. The van der Waals surface area contributed by atoms with Crippen molar-refractivity contribution < 1.29 is 14.7 Å². The van der Waals surface area contributed by atoms with Gasteiger partial charge in [0.1, 0.15) is 0 Å². The van der Waals surface area contributed by atoms with Crippen LogP contribution in [0.4, 0.5) is 0 Å². The zero-order chi connectivity index (χ0) is 9.56. The maximum atomic E-state index is 11.0. The first-order valence-corrected chi connectivity index (χ1v) is 3.58. The highest BCUT2D eigenvalue weighted by Crippen LogP contribution is 1.87. The van der Waals surface area contributed by atoms with Crippen LogP contribution >= 0.6 is 0 Å². The summed E-state index contributed by atoms with van der Waals surface area (Å²) < 4.78 is 0. The van der Waals surface area contributed by atoms with E-state index in [0.717, 1.165) is 0 Å². The lowest BCUT2D eigenvalue weighted by molar-refractivity contribution is -0.146. The van der Waals surface area contributed by atoms with E-state index >= 15 is 0 Å². The molecule has 0 aromatic heterocycles. The van der Waals surface area contributed by atoms with Gasteiger partial charge in [0.05, 0.1) is 6.61 Å². The van der Waals surface area contributed by atoms with Crippen LogP contribution in [0.1, 0.15) is 6.92 Å². The Morgan fingerprint density at radius 3 is 2.50 bits per heavy atom. The number of hydrazine groups is 1. The van der Waals surface area contributed by atoms with Crippen LogP contribution in [-0.2, 0) is 9.59 Å². The summed E-state index contributed by atoms with van der Waals surface area (Å²) in [6, 6.07) is 0. The van der Waals surface area contributed by atoms with Crippen molar-refractivity contribution in [3.05, 3.63) is 0 Å². The van der Waals surface area contributed by atoms with Gasteiger partial charge in [-0.25, -0.2) is 5.84 Å². The van der Waals surface area contributed by atoms with Gasteiger partial charge in [-0.05, 0) is 6.92 Å². The molecule has 6 nitrogen and oxygen atoms in total. The highest BCUT2D eigenvalue weighted by Gasteiger charge is 2.18. The molecule has 0 aromatic carbocycles. The monoisotopic (exact) mass is 175 g/mol. The van der Waals surface area contributed by atoms with E-state index in [2.05, 4.69) is 0 Å². The average molecular weight is 175 g/mol. The van der Waals surface area contributed by atoms with E-state index < -0.39 is 11.8 Å². The lowest BCUT2D eigenvalue weighted by Crippen LogP contribution is -2.46. The number of aliphatic hydroxyl groups excluding tert-OH is 1. The molecule has 0 aromatic rings. The smallest absolute Gasteiger partial charge is 0.323 e. The van der Waals surface area contributed by atoms with Crippen LogP contribution in [0.2, 0.25) is 0 Å². The van der Waals surface area contributed by atoms with Gasteiger partial charge in [0.15, 0.2) is 0 Å². The minimum atomic E-state index is -0.870. The van der Waals surface area contributed by atoms with Gasteiger partial charge in [-0.15, -0.1) is 0 Å². The van der Waals surface area contributed by atoms with Gasteiger partial charge in [0.25, 0.3) is 0 Å². The summed E-state index contributed by atoms with van der Waals surface area (Å²) in [4.78, 5) is 22.9. The molecule has 6 heteroatoms. The van der Waals surface area contributed by atoms with Crippen molar-refractivity contribution in [1.82, 2.24) is 10.3 Å². The zero-order valence-electron chi connectivity index (χ0n) is 6.91. The van der Waals surface area contributed by atoms with Crippen molar-refractivity contribution in [2.24, 2.45) is 5.84 Å². The summed E-state index contributed by atoms with van der Waals surface area (Å²) in [6.07, 6.45) is 0. The van der Waals surface area contributed by atoms with Crippen molar-refractivity contribution in [2.75, 3.05) is 19.7 Å². The molecule has 0 aliphatic carbocycles. The Kier molecular flexibility index (Phi) is 4.98. The molecule has 0 aliphatic heterocycles. The van der Waals surface area contributed by atoms with Gasteiger partial charge in [-0.1, -0.05) is 0 Å². The van der Waals surface area contributed by atoms with Gasteiger partial charge in [0, 0.05) is 13.1 Å². The van der Waals surface area contributed by atoms with Crippen LogP contribution in [0.25, 0.3) is 0 Å². The Balaban J connectivity index is 4.11. The Labute approximate surface area is 70.3 Å². The van der Waals surface area contributed by atoms with E-state index in [0.29, 0.717) is 6.54 Å². The predicted octanol–water partition coefficient (Wildman–Crippen LogP) is -2.18. The van der Waals surface area contributed by atoms with E-state index in [4.69, 9.17) is 10.9 Å². The molecular weight excluding hydrogens is 162 g/mol. The standard InChI is InChI=1S/C6H13N3O3/c1-2-9(3-4-10)6(12)5(11)8-7/h10H,2-4,7H2,1H3,(H,8,11). The topological polar surface area (TPSA) is 95.7 Å². The molecule has 0 unspecified atom stereocenters. The molecule has 4 N–H and O–H groups in total. The number of aliphatic hydroxyl groups is 1. The third-order valence-corrected chi connectivity index (χ3v) is 1.36. The molecule has 0 fully saturated rings. The quantitative estimate of drug-likeness (QED) is 0.196. The summed E-state index contributed by atoms with van der Waals surface area (Å²) in [5.74, 6) is 3.15. The molecule has 0 radical (unpaired) electrons. The Morgan fingerprint density at radius 2 is 2.17 bits per heavy atom. The second kappa shape index (κ2) is 5.50. The molecule has 0 aliphatic rings. The molecule has 0 heterocycles. The molecule has 0 bridgehead atoms. The van der Waals surface area contributed by atoms with E-state index in [9.17, 15) is 9.59 Å². The second-order valence-electron chi connectivity index (χ2n) is 2.08. The number of hydrogen-bond donors (Lipinski definition) is 3. The summed E-state index contributed by atoms with van der Waals surface area (Å²) in [7, 11) is 0. The first kappa shape index (κ1) is 10.9. The highest BCUT2D eigenvalue weighted by atomic mass is 16.3. The Bertz CT molecular complexity index is 171. The number of nitrogens with zero attached hydrogens (tertiary/aromatic N) is 1. The minimum absolute atomic E-state index is 0.142. The van der Waals surface area contributed by atoms with E-state index in [1.54, 1.807) is 12.3 Å². The third kappa shape index (κ3) is 2.85. The number of nitrogens with one attached hydrogen (secondary N) is 1. The molecule has 12 heavy (non-hydrogen) atoms. The van der Waals surface area contributed by atoms with Gasteiger partial charge in [-0.2, -0.15) is 0 Å². The number of hydrogen-bond acceptors (Lipinski definition) is 4. The average Bonchev–Trinajstić information content (AvgIpc) is 2.11. The maximum absolute atomic E-state index is 11.0. The normalized spacial score (nSPS) is 9.25. The third-order valence-electron chi connectivity index (χ3n) is 1.36. The van der Waals surface area contributed by atoms with Crippen molar-refractivity contribution in [1.29, 1.82) is 0 Å². The molecule has 70 valence electrons. The molecule has 0 spiro atoms. The number of rotatable bonds is 3. The Hall–Kier alpha value is -1.14. The molecule has 0 saturated heterocycles. The molecule has 2 amide bonds. The van der Waals surface area contributed by atoms with Crippen LogP contribution in [0, 0.1) is 0 Å². The first-order chi connectivity index (χ1) is 5.67. The number of carbonyl (C=O) groups is 2. The lowest BCUT2D eigenvalue weighted by atomic mass is 10.4. The number of carbonyl (C=O) groups excluding carboxylic acids is 2. The van der Waals surface area contributed by atoms with Crippen LogP contribution < -0.4 is 11.3 Å². The predicted molar refractivity (Wildman–Crippen MR) is 41.7 cm³/mol. The summed E-state index contributed by atoms with van der Waals surface area (Å²) in [5.41, 5.74) is 1.73. The van der Waals surface area contributed by atoms with Gasteiger partial charge >= 0.3 is 11.8 Å². The Morgan fingerprint density at radius 1 is 1.58 bits per heavy atom. The van der Waals surface area contributed by atoms with E-state index in [1.807, 2.05) is 0 Å². The van der Waals surface area contributed by atoms with Crippen LogP contribution in [0.5, 0.6) is 0 Å². The fourth-order valence-corrected chi connectivity index (χ4v) is 0.729. The van der Waals surface area contributed by atoms with E-state index in [1.165, 1.54) is 4.90 Å². The molecule has 0 rings (SSSR count). The molecule has 0 atom stereocenters. The SMILES string of the molecule is CCN(CCO)C(=O)C(=O)NN. The van der Waals surface area contributed by atoms with Crippen molar-refractivity contribution in [2.45, 2.75) is 6.92 Å². The minimum Gasteiger partial charge on any atom is -0.395 e. The maximum Gasteiger partial charge on any atom is 0.323 e. The van der Waals surface area contributed by atoms with Crippen LogP contribution in [0.15, 0.2) is 0 Å². The first-order valence-electron chi connectivity index (χ1n) is 3.58. The number of amides is 2. The summed E-state index contributed by atoms with van der Waals surface area (Å²) in [5, 5.41) is 8.51. The zero-order valence-corrected chi connectivity index (χ0v) is 6.91. The second-order valence-corrected chi connectivity index (χ2v) is 2.08. The van der Waals surface area contributed by atoms with Crippen molar-refractivity contribution in [3.63, 3.8) is 0 Å². The summed E-state index contributed by atoms with van der Waals surface area (Å²) >= 11 is 0. The van der Waals surface area contributed by atoms with Crippen LogP contribution in [0.3, 0.4) is 0 Å². The van der Waals surface area contributed by atoms with Crippen LogP contribution in [-0.4, -0.2) is 41.5 Å². The number of nitrogens with two attached hydrogens (primary N) is 1. The molecule has 0 saturated carbocycles. The molecular formula is C6H13N3O3. The van der Waals surface area contributed by atoms with E-state index in [-0.39, 0.29) is 13.2 Å². The van der Waals surface area contributed by atoms with Gasteiger partial charge in [-0.3, -0.25) is 15.0 Å². The lowest BCUT2D eigenvalue weighted by Gasteiger charge is -2.17. The fourth-order valence-electron chi connectivity index (χ4n) is 0.729.